The van der Waals surface area contributed by atoms with Crippen molar-refractivity contribution in [1.82, 2.24) is 10.6 Å². The number of benzene rings is 1. The molecule has 0 heterocycles. The number of phenols is 1. The van der Waals surface area contributed by atoms with Crippen LogP contribution in [0.5, 0.6) is 5.75 Å². The number of carboxylic acid groups (broad SMARTS) is 1. The van der Waals surface area contributed by atoms with Crippen molar-refractivity contribution in [3.05, 3.63) is 29.8 Å². The molecular weight excluding hydrogens is 272 g/mol. The Kier molecular flexibility index (Phi) is 7.08. The number of amides is 2. The number of nitrogens with one attached hydrogen (secondary N) is 2. The average Bonchev–Trinajstić information content (AvgIpc) is 2.45. The van der Waals surface area contributed by atoms with Gasteiger partial charge in [-0.05, 0) is 24.1 Å². The lowest BCUT2D eigenvalue weighted by atomic mass is 10.1. The van der Waals surface area contributed by atoms with Gasteiger partial charge in [-0.15, -0.1) is 0 Å². The third kappa shape index (κ3) is 6.65. The largest absolute Gasteiger partial charge is 0.508 e. The molecular formula is C15H22N2O4. The number of hydrogen-bond donors (Lipinski definition) is 4. The molecule has 21 heavy (non-hydrogen) atoms. The molecule has 6 nitrogen and oxygen atoms in total. The first kappa shape index (κ1) is 16.8. The summed E-state index contributed by atoms with van der Waals surface area (Å²) in [6.07, 6.45) is 3.12. The maximum Gasteiger partial charge on any atom is 0.326 e. The molecule has 1 aromatic carbocycles. The zero-order valence-corrected chi connectivity index (χ0v) is 12.1. The summed E-state index contributed by atoms with van der Waals surface area (Å²) in [5.74, 6) is -0.973. The fraction of sp³-hybridized carbons (Fsp3) is 0.467. The minimum atomic E-state index is -1.09. The van der Waals surface area contributed by atoms with E-state index in [4.69, 9.17) is 5.11 Å². The van der Waals surface area contributed by atoms with Crippen molar-refractivity contribution in [2.24, 2.45) is 0 Å². The quantitative estimate of drug-likeness (QED) is 0.550. The second kappa shape index (κ2) is 8.84. The Morgan fingerprint density at radius 2 is 1.86 bits per heavy atom. The maximum absolute atomic E-state index is 11.6. The van der Waals surface area contributed by atoms with Crippen molar-refractivity contribution in [2.45, 2.75) is 38.6 Å². The summed E-state index contributed by atoms with van der Waals surface area (Å²) < 4.78 is 0. The van der Waals surface area contributed by atoms with E-state index in [-0.39, 0.29) is 12.2 Å². The molecule has 0 unspecified atom stereocenters. The SMILES string of the molecule is CCCCCNC(=O)N[C@@H](Cc1ccc(O)cc1)C(=O)O. The summed E-state index contributed by atoms with van der Waals surface area (Å²) in [7, 11) is 0. The summed E-state index contributed by atoms with van der Waals surface area (Å²) in [6, 6.07) is 4.76. The second-order valence-corrected chi connectivity index (χ2v) is 4.87. The van der Waals surface area contributed by atoms with Crippen LogP contribution in [-0.2, 0) is 11.2 Å². The molecule has 1 rings (SSSR count). The molecule has 0 aliphatic heterocycles. The Balaban J connectivity index is 2.48. The van der Waals surface area contributed by atoms with Crippen molar-refractivity contribution in [3.63, 3.8) is 0 Å². The molecule has 1 atom stereocenters. The van der Waals surface area contributed by atoms with Gasteiger partial charge in [0.15, 0.2) is 0 Å². The molecule has 0 saturated heterocycles. The van der Waals surface area contributed by atoms with Crippen molar-refractivity contribution >= 4 is 12.0 Å². The smallest absolute Gasteiger partial charge is 0.326 e. The number of carbonyl (C=O) groups is 2. The Morgan fingerprint density at radius 3 is 2.43 bits per heavy atom. The lowest BCUT2D eigenvalue weighted by Crippen LogP contribution is -2.47. The Morgan fingerprint density at radius 1 is 1.19 bits per heavy atom. The number of aromatic hydroxyl groups is 1. The van der Waals surface area contributed by atoms with Crippen molar-refractivity contribution in [3.8, 4) is 5.75 Å². The van der Waals surface area contributed by atoms with E-state index in [1.54, 1.807) is 12.1 Å². The molecule has 2 amide bonds. The first-order valence-corrected chi connectivity index (χ1v) is 7.08. The average molecular weight is 294 g/mol. The van der Waals surface area contributed by atoms with E-state index in [0.29, 0.717) is 6.54 Å². The Hall–Kier alpha value is -2.24. The summed E-state index contributed by atoms with van der Waals surface area (Å²) >= 11 is 0. The minimum Gasteiger partial charge on any atom is -0.508 e. The van der Waals surface area contributed by atoms with Crippen LogP contribution < -0.4 is 10.6 Å². The second-order valence-electron chi connectivity index (χ2n) is 4.87. The van der Waals surface area contributed by atoms with E-state index in [2.05, 4.69) is 17.6 Å². The van der Waals surface area contributed by atoms with Crippen LogP contribution >= 0.6 is 0 Å². The lowest BCUT2D eigenvalue weighted by molar-refractivity contribution is -0.139. The van der Waals surface area contributed by atoms with Gasteiger partial charge in [0.25, 0.3) is 0 Å². The first-order valence-electron chi connectivity index (χ1n) is 7.08. The molecule has 0 bridgehead atoms. The van der Waals surface area contributed by atoms with E-state index in [9.17, 15) is 14.7 Å². The van der Waals surface area contributed by atoms with Gasteiger partial charge in [0, 0.05) is 13.0 Å². The molecule has 0 aromatic heterocycles. The van der Waals surface area contributed by atoms with E-state index >= 15 is 0 Å². The maximum atomic E-state index is 11.6. The number of aliphatic carboxylic acids is 1. The number of urea groups is 1. The molecule has 0 saturated carbocycles. The van der Waals surface area contributed by atoms with Crippen LogP contribution in [0.4, 0.5) is 4.79 Å². The van der Waals surface area contributed by atoms with Gasteiger partial charge in [0.2, 0.25) is 0 Å². The number of carboxylic acids is 1. The van der Waals surface area contributed by atoms with Crippen molar-refractivity contribution in [2.75, 3.05) is 6.54 Å². The standard InChI is InChI=1S/C15H22N2O4/c1-2-3-4-9-16-15(21)17-13(14(19)20)10-11-5-7-12(18)8-6-11/h5-8,13,18H,2-4,9-10H2,1H3,(H,19,20)(H2,16,17,21)/t13-/m0/s1. The molecule has 0 radical (unpaired) electrons. The minimum absolute atomic E-state index is 0.118. The zero-order valence-electron chi connectivity index (χ0n) is 12.1. The monoisotopic (exact) mass is 294 g/mol. The third-order valence-corrected chi connectivity index (χ3v) is 3.05. The fourth-order valence-electron chi connectivity index (χ4n) is 1.85. The normalized spacial score (nSPS) is 11.7. The third-order valence-electron chi connectivity index (χ3n) is 3.05. The van der Waals surface area contributed by atoms with E-state index in [0.717, 1.165) is 24.8 Å². The van der Waals surface area contributed by atoms with Crippen LogP contribution in [0, 0.1) is 0 Å². The van der Waals surface area contributed by atoms with Gasteiger partial charge in [-0.1, -0.05) is 31.9 Å². The van der Waals surface area contributed by atoms with Crippen molar-refractivity contribution < 1.29 is 19.8 Å². The van der Waals surface area contributed by atoms with E-state index in [1.807, 2.05) is 0 Å². The van der Waals surface area contributed by atoms with Gasteiger partial charge in [0.1, 0.15) is 11.8 Å². The summed E-state index contributed by atoms with van der Waals surface area (Å²) in [5, 5.41) is 23.4. The summed E-state index contributed by atoms with van der Waals surface area (Å²) in [5.41, 5.74) is 0.728. The summed E-state index contributed by atoms with van der Waals surface area (Å²) in [6.45, 7) is 2.60. The van der Waals surface area contributed by atoms with E-state index in [1.165, 1.54) is 12.1 Å². The Labute approximate surface area is 124 Å². The van der Waals surface area contributed by atoms with Crippen LogP contribution in [0.1, 0.15) is 31.7 Å². The topological polar surface area (TPSA) is 98.7 Å². The van der Waals surface area contributed by atoms with Gasteiger partial charge < -0.3 is 20.8 Å². The number of phenolic OH excluding ortho intramolecular Hbond substituents is 1. The van der Waals surface area contributed by atoms with E-state index < -0.39 is 18.0 Å². The fourth-order valence-corrected chi connectivity index (χ4v) is 1.85. The highest BCUT2D eigenvalue weighted by Crippen LogP contribution is 2.11. The van der Waals surface area contributed by atoms with Gasteiger partial charge in [-0.25, -0.2) is 9.59 Å². The van der Waals surface area contributed by atoms with Gasteiger partial charge in [-0.2, -0.15) is 0 Å². The van der Waals surface area contributed by atoms with Gasteiger partial charge in [0.05, 0.1) is 0 Å². The van der Waals surface area contributed by atoms with Gasteiger partial charge in [-0.3, -0.25) is 0 Å². The molecule has 116 valence electrons. The van der Waals surface area contributed by atoms with Crippen LogP contribution in [-0.4, -0.2) is 34.8 Å². The molecule has 0 aliphatic rings. The zero-order chi connectivity index (χ0) is 15.7. The highest BCUT2D eigenvalue weighted by atomic mass is 16.4. The molecule has 4 N–H and O–H groups in total. The molecule has 0 fully saturated rings. The number of hydrogen-bond acceptors (Lipinski definition) is 3. The molecule has 1 aromatic rings. The lowest BCUT2D eigenvalue weighted by Gasteiger charge is -2.15. The first-order chi connectivity index (χ1) is 10.0. The molecule has 6 heteroatoms. The number of rotatable bonds is 8. The molecule has 0 spiro atoms. The van der Waals surface area contributed by atoms with Crippen LogP contribution in [0.25, 0.3) is 0 Å². The van der Waals surface area contributed by atoms with Crippen molar-refractivity contribution in [1.29, 1.82) is 0 Å². The predicted octanol–water partition coefficient (Wildman–Crippen LogP) is 1.88. The number of unbranched alkanes of at least 4 members (excludes halogenated alkanes) is 2. The predicted molar refractivity (Wildman–Crippen MR) is 79.3 cm³/mol. The number of carbonyl (C=O) groups excluding carboxylic acids is 1. The highest BCUT2D eigenvalue weighted by molar-refractivity contribution is 5.82. The summed E-state index contributed by atoms with van der Waals surface area (Å²) in [4.78, 5) is 22.8. The molecule has 0 aliphatic carbocycles. The van der Waals surface area contributed by atoms with Crippen LogP contribution in [0.3, 0.4) is 0 Å². The van der Waals surface area contributed by atoms with Crippen LogP contribution in [0.2, 0.25) is 0 Å². The Bertz CT molecular complexity index is 459. The highest BCUT2D eigenvalue weighted by Gasteiger charge is 2.20. The van der Waals surface area contributed by atoms with Crippen LogP contribution in [0.15, 0.2) is 24.3 Å². The van der Waals surface area contributed by atoms with Gasteiger partial charge >= 0.3 is 12.0 Å².